The lowest BCUT2D eigenvalue weighted by Gasteiger charge is -2.18. The smallest absolute Gasteiger partial charge is 0.175 e. The second-order valence-electron chi connectivity index (χ2n) is 4.96. The van der Waals surface area contributed by atoms with Crippen LogP contribution in [0.25, 0.3) is 0 Å². The summed E-state index contributed by atoms with van der Waals surface area (Å²) < 4.78 is 28.5. The molecule has 1 aliphatic rings. The fourth-order valence-corrected chi connectivity index (χ4v) is 2.65. The number of hydrogen-bond acceptors (Lipinski definition) is 5. The molecule has 6 heteroatoms. The molecule has 1 aromatic carbocycles. The van der Waals surface area contributed by atoms with Crippen LogP contribution in [0.4, 0.5) is 0 Å². The molecule has 2 rings (SSSR count). The topological polar surface area (TPSA) is 70.4 Å². The first-order chi connectivity index (χ1) is 9.50. The van der Waals surface area contributed by atoms with Crippen LogP contribution in [-0.2, 0) is 9.84 Å². The summed E-state index contributed by atoms with van der Waals surface area (Å²) in [6, 6.07) is 9.15. The standard InChI is InChI=1S/C14H18N2O3S/c1-20(17,18)14-4-2-3-13(11-14)19-10-9-16(8-7-15)12-5-6-12/h2-4,11-12H,5-6,8-10H2,1H3. The molecule has 20 heavy (non-hydrogen) atoms. The number of sulfone groups is 1. The van der Waals surface area contributed by atoms with Gasteiger partial charge in [-0.3, -0.25) is 4.90 Å². The van der Waals surface area contributed by atoms with Crippen molar-refractivity contribution in [3.05, 3.63) is 24.3 Å². The Labute approximate surface area is 119 Å². The maximum Gasteiger partial charge on any atom is 0.175 e. The summed E-state index contributed by atoms with van der Waals surface area (Å²) in [5.41, 5.74) is 0. The molecule has 0 N–H and O–H groups in total. The van der Waals surface area contributed by atoms with E-state index < -0.39 is 9.84 Å². The SMILES string of the molecule is CS(=O)(=O)c1cccc(OCCN(CC#N)C2CC2)c1. The highest BCUT2D eigenvalue weighted by Crippen LogP contribution is 2.26. The van der Waals surface area contributed by atoms with Crippen molar-refractivity contribution in [2.45, 2.75) is 23.8 Å². The third kappa shape index (κ3) is 4.22. The van der Waals surface area contributed by atoms with E-state index in [1.165, 1.54) is 12.3 Å². The van der Waals surface area contributed by atoms with Crippen LogP contribution >= 0.6 is 0 Å². The van der Waals surface area contributed by atoms with Crippen molar-refractivity contribution in [3.63, 3.8) is 0 Å². The Morgan fingerprint density at radius 2 is 2.20 bits per heavy atom. The van der Waals surface area contributed by atoms with Gasteiger partial charge < -0.3 is 4.74 Å². The zero-order valence-electron chi connectivity index (χ0n) is 11.4. The lowest BCUT2D eigenvalue weighted by Crippen LogP contribution is -2.30. The summed E-state index contributed by atoms with van der Waals surface area (Å²) in [5.74, 6) is 0.542. The largest absolute Gasteiger partial charge is 0.492 e. The van der Waals surface area contributed by atoms with Gasteiger partial charge in [0.25, 0.3) is 0 Å². The Morgan fingerprint density at radius 3 is 2.80 bits per heavy atom. The van der Waals surface area contributed by atoms with Gasteiger partial charge in [-0.05, 0) is 31.0 Å². The number of ether oxygens (including phenoxy) is 1. The fraction of sp³-hybridized carbons (Fsp3) is 0.500. The minimum Gasteiger partial charge on any atom is -0.492 e. The minimum atomic E-state index is -3.21. The number of benzene rings is 1. The van der Waals surface area contributed by atoms with Gasteiger partial charge in [-0.1, -0.05) is 6.07 Å². The van der Waals surface area contributed by atoms with E-state index in [1.54, 1.807) is 18.2 Å². The lowest BCUT2D eigenvalue weighted by atomic mass is 10.3. The molecule has 0 spiro atoms. The molecule has 5 nitrogen and oxygen atoms in total. The van der Waals surface area contributed by atoms with Crippen LogP contribution in [0.5, 0.6) is 5.75 Å². The Kier molecular flexibility index (Phi) is 4.63. The van der Waals surface area contributed by atoms with Crippen molar-refractivity contribution in [1.29, 1.82) is 5.26 Å². The molecule has 0 aromatic heterocycles. The highest BCUT2D eigenvalue weighted by molar-refractivity contribution is 7.90. The van der Waals surface area contributed by atoms with Crippen molar-refractivity contribution in [2.24, 2.45) is 0 Å². The van der Waals surface area contributed by atoms with E-state index >= 15 is 0 Å². The molecule has 0 amide bonds. The van der Waals surface area contributed by atoms with E-state index in [4.69, 9.17) is 10.00 Å². The predicted molar refractivity (Wildman–Crippen MR) is 75.3 cm³/mol. The molecule has 0 radical (unpaired) electrons. The van der Waals surface area contributed by atoms with Crippen LogP contribution in [0.1, 0.15) is 12.8 Å². The monoisotopic (exact) mass is 294 g/mol. The number of rotatable bonds is 7. The highest BCUT2D eigenvalue weighted by Gasteiger charge is 2.28. The predicted octanol–water partition coefficient (Wildman–Crippen LogP) is 1.46. The first kappa shape index (κ1) is 14.8. The normalized spacial score (nSPS) is 15.1. The lowest BCUT2D eigenvalue weighted by molar-refractivity contribution is 0.218. The van der Waals surface area contributed by atoms with Gasteiger partial charge in [-0.15, -0.1) is 0 Å². The van der Waals surface area contributed by atoms with E-state index in [9.17, 15) is 8.42 Å². The van der Waals surface area contributed by atoms with Crippen molar-refractivity contribution in [1.82, 2.24) is 4.90 Å². The molecule has 0 aliphatic heterocycles. The summed E-state index contributed by atoms with van der Waals surface area (Å²) in [7, 11) is -3.21. The van der Waals surface area contributed by atoms with Gasteiger partial charge in [0.1, 0.15) is 12.4 Å². The van der Waals surface area contributed by atoms with E-state index in [0.717, 1.165) is 12.8 Å². The maximum absolute atomic E-state index is 11.5. The van der Waals surface area contributed by atoms with Gasteiger partial charge in [-0.2, -0.15) is 5.26 Å². The molecule has 1 aliphatic carbocycles. The van der Waals surface area contributed by atoms with Crippen LogP contribution in [0.3, 0.4) is 0 Å². The van der Waals surface area contributed by atoms with Gasteiger partial charge >= 0.3 is 0 Å². The molecule has 0 heterocycles. The fourth-order valence-electron chi connectivity index (χ4n) is 2.00. The van der Waals surface area contributed by atoms with E-state index in [2.05, 4.69) is 11.0 Å². The van der Waals surface area contributed by atoms with E-state index in [0.29, 0.717) is 31.5 Å². The molecule has 1 fully saturated rings. The Balaban J connectivity index is 1.89. The van der Waals surface area contributed by atoms with Crippen LogP contribution in [0, 0.1) is 11.3 Å². The first-order valence-corrected chi connectivity index (χ1v) is 8.44. The van der Waals surface area contributed by atoms with Crippen LogP contribution in [0.15, 0.2) is 29.2 Å². The van der Waals surface area contributed by atoms with Gasteiger partial charge in [0.2, 0.25) is 0 Å². The third-order valence-electron chi connectivity index (χ3n) is 3.22. The van der Waals surface area contributed by atoms with Crippen molar-refractivity contribution < 1.29 is 13.2 Å². The van der Waals surface area contributed by atoms with Crippen LogP contribution < -0.4 is 4.74 Å². The first-order valence-electron chi connectivity index (χ1n) is 6.54. The Hall–Kier alpha value is -1.58. The van der Waals surface area contributed by atoms with Crippen LogP contribution in [-0.4, -0.2) is 45.3 Å². The molecule has 0 unspecified atom stereocenters. The summed E-state index contributed by atoms with van der Waals surface area (Å²) in [5, 5.41) is 8.76. The molecule has 1 saturated carbocycles. The molecule has 108 valence electrons. The summed E-state index contributed by atoms with van der Waals surface area (Å²) in [6.07, 6.45) is 3.46. The summed E-state index contributed by atoms with van der Waals surface area (Å²) in [6.45, 7) is 1.55. The minimum absolute atomic E-state index is 0.256. The quantitative estimate of drug-likeness (QED) is 0.712. The molecular formula is C14H18N2O3S. The van der Waals surface area contributed by atoms with E-state index in [-0.39, 0.29) is 4.90 Å². The number of nitrogens with zero attached hydrogens (tertiary/aromatic N) is 2. The van der Waals surface area contributed by atoms with Crippen molar-refractivity contribution >= 4 is 9.84 Å². The third-order valence-corrected chi connectivity index (χ3v) is 4.33. The zero-order valence-corrected chi connectivity index (χ0v) is 12.3. The highest BCUT2D eigenvalue weighted by atomic mass is 32.2. The number of hydrogen-bond donors (Lipinski definition) is 0. The molecular weight excluding hydrogens is 276 g/mol. The summed E-state index contributed by atoms with van der Waals surface area (Å²) in [4.78, 5) is 2.35. The van der Waals surface area contributed by atoms with Gasteiger partial charge in [0.15, 0.2) is 9.84 Å². The van der Waals surface area contributed by atoms with Crippen molar-refractivity contribution in [3.8, 4) is 11.8 Å². The second-order valence-corrected chi connectivity index (χ2v) is 6.97. The maximum atomic E-state index is 11.5. The molecule has 0 saturated heterocycles. The Morgan fingerprint density at radius 1 is 1.45 bits per heavy atom. The van der Waals surface area contributed by atoms with Gasteiger partial charge in [-0.25, -0.2) is 8.42 Å². The molecule has 1 aromatic rings. The summed E-state index contributed by atoms with van der Waals surface area (Å²) >= 11 is 0. The average molecular weight is 294 g/mol. The molecule has 0 bridgehead atoms. The zero-order chi connectivity index (χ0) is 14.6. The van der Waals surface area contributed by atoms with Crippen molar-refractivity contribution in [2.75, 3.05) is 26.0 Å². The second kappa shape index (κ2) is 6.25. The van der Waals surface area contributed by atoms with Gasteiger partial charge in [0.05, 0.1) is 17.5 Å². The van der Waals surface area contributed by atoms with Gasteiger partial charge in [0, 0.05) is 18.8 Å². The number of nitriles is 1. The Bertz CT molecular complexity index is 603. The average Bonchev–Trinajstić information content (AvgIpc) is 3.21. The van der Waals surface area contributed by atoms with E-state index in [1.807, 2.05) is 0 Å². The molecule has 0 atom stereocenters. The van der Waals surface area contributed by atoms with Crippen LogP contribution in [0.2, 0.25) is 0 Å².